The van der Waals surface area contributed by atoms with Gasteiger partial charge in [0.15, 0.2) is 0 Å². The molecule has 1 aromatic rings. The Bertz CT molecular complexity index is 440. The van der Waals surface area contributed by atoms with E-state index < -0.39 is 24.5 Å². The molecule has 1 aliphatic rings. The third-order valence-corrected chi connectivity index (χ3v) is 3.14. The number of ether oxygens (including phenoxy) is 1. The van der Waals surface area contributed by atoms with Crippen LogP contribution in [0, 0.1) is 0 Å². The lowest BCUT2D eigenvalue weighted by molar-refractivity contribution is -0.0696. The summed E-state index contributed by atoms with van der Waals surface area (Å²) in [6.45, 7) is -0.0866. The molecule has 0 spiro atoms. The molecule has 0 aliphatic carbocycles. The smallest absolute Gasteiger partial charge is 0.410 e. The highest BCUT2D eigenvalue weighted by molar-refractivity contribution is 5.67. The molecule has 0 radical (unpaired) electrons. The van der Waals surface area contributed by atoms with E-state index in [1.54, 1.807) is 0 Å². The molecule has 6 heteroatoms. The van der Waals surface area contributed by atoms with Crippen LogP contribution in [-0.2, 0) is 11.3 Å². The minimum Gasteiger partial charge on any atom is -0.445 e. The van der Waals surface area contributed by atoms with Crippen LogP contribution in [0.4, 0.5) is 13.6 Å². The lowest BCUT2D eigenvalue weighted by Gasteiger charge is -2.35. The minimum atomic E-state index is -2.91. The van der Waals surface area contributed by atoms with Crippen molar-refractivity contribution in [2.45, 2.75) is 25.0 Å². The molecule has 1 fully saturated rings. The zero-order valence-corrected chi connectivity index (χ0v) is 10.4. The van der Waals surface area contributed by atoms with Gasteiger partial charge in [0.25, 0.3) is 5.92 Å². The Labute approximate surface area is 110 Å². The normalized spacial score (nSPS) is 22.1. The molecule has 0 unspecified atom stereocenters. The number of piperidine rings is 1. The average molecular weight is 270 g/mol. The highest BCUT2D eigenvalue weighted by Crippen LogP contribution is 2.27. The van der Waals surface area contributed by atoms with Crippen molar-refractivity contribution in [2.75, 3.05) is 13.1 Å². The lowest BCUT2D eigenvalue weighted by Crippen LogP contribution is -2.56. The summed E-state index contributed by atoms with van der Waals surface area (Å²) < 4.78 is 31.4. The molecule has 1 atom stereocenters. The van der Waals surface area contributed by atoms with E-state index in [0.717, 1.165) is 5.56 Å². The van der Waals surface area contributed by atoms with Gasteiger partial charge in [-0.05, 0) is 5.56 Å². The minimum absolute atomic E-state index is 0.0334. The second-order valence-electron chi connectivity index (χ2n) is 4.60. The highest BCUT2D eigenvalue weighted by Gasteiger charge is 2.43. The van der Waals surface area contributed by atoms with Gasteiger partial charge in [-0.2, -0.15) is 0 Å². The third-order valence-electron chi connectivity index (χ3n) is 3.14. The predicted molar refractivity (Wildman–Crippen MR) is 65.7 cm³/mol. The zero-order chi connectivity index (χ0) is 13.9. The number of alkyl halides is 2. The van der Waals surface area contributed by atoms with Gasteiger partial charge in [0.1, 0.15) is 6.61 Å². The molecule has 1 aliphatic heterocycles. The summed E-state index contributed by atoms with van der Waals surface area (Å²) in [6.07, 6.45) is -1.02. The number of hydrogen-bond donors (Lipinski definition) is 1. The Morgan fingerprint density at radius 1 is 1.42 bits per heavy atom. The van der Waals surface area contributed by atoms with Crippen molar-refractivity contribution in [2.24, 2.45) is 5.73 Å². The SMILES string of the molecule is N[C@H]1CN(C(=O)OCc2ccccc2)CCC1(F)F. The van der Waals surface area contributed by atoms with Crippen LogP contribution in [0.1, 0.15) is 12.0 Å². The monoisotopic (exact) mass is 270 g/mol. The first-order valence-corrected chi connectivity index (χ1v) is 6.08. The van der Waals surface area contributed by atoms with Gasteiger partial charge in [-0.25, -0.2) is 13.6 Å². The fourth-order valence-electron chi connectivity index (χ4n) is 1.91. The van der Waals surface area contributed by atoms with Gasteiger partial charge in [-0.1, -0.05) is 30.3 Å². The summed E-state index contributed by atoms with van der Waals surface area (Å²) in [7, 11) is 0. The molecule has 0 saturated carbocycles. The van der Waals surface area contributed by atoms with Crippen molar-refractivity contribution in [3.05, 3.63) is 35.9 Å². The van der Waals surface area contributed by atoms with Crippen LogP contribution in [0.2, 0.25) is 0 Å². The van der Waals surface area contributed by atoms with E-state index in [1.165, 1.54) is 4.90 Å². The van der Waals surface area contributed by atoms with Crippen LogP contribution < -0.4 is 5.73 Å². The Morgan fingerprint density at radius 3 is 2.74 bits per heavy atom. The molecule has 1 heterocycles. The number of rotatable bonds is 2. The molecule has 0 bridgehead atoms. The first-order valence-electron chi connectivity index (χ1n) is 6.08. The maximum Gasteiger partial charge on any atom is 0.410 e. The molecule has 1 aromatic carbocycles. The van der Waals surface area contributed by atoms with Gasteiger partial charge < -0.3 is 15.4 Å². The van der Waals surface area contributed by atoms with Crippen molar-refractivity contribution in [1.29, 1.82) is 0 Å². The topological polar surface area (TPSA) is 55.6 Å². The number of hydrogen-bond acceptors (Lipinski definition) is 3. The van der Waals surface area contributed by atoms with Crippen LogP contribution in [0.25, 0.3) is 0 Å². The number of nitrogens with zero attached hydrogens (tertiary/aromatic N) is 1. The molecular weight excluding hydrogens is 254 g/mol. The van der Waals surface area contributed by atoms with Crippen molar-refractivity contribution in [3.8, 4) is 0 Å². The van der Waals surface area contributed by atoms with Crippen molar-refractivity contribution >= 4 is 6.09 Å². The van der Waals surface area contributed by atoms with E-state index in [4.69, 9.17) is 10.5 Å². The second kappa shape index (κ2) is 5.52. The van der Waals surface area contributed by atoms with Crippen LogP contribution >= 0.6 is 0 Å². The number of nitrogens with two attached hydrogens (primary N) is 1. The number of benzene rings is 1. The van der Waals surface area contributed by atoms with Gasteiger partial charge >= 0.3 is 6.09 Å². The first kappa shape index (κ1) is 13.7. The molecule has 2 N–H and O–H groups in total. The van der Waals surface area contributed by atoms with Gasteiger partial charge in [-0.15, -0.1) is 0 Å². The maximum atomic E-state index is 13.2. The van der Waals surface area contributed by atoms with E-state index in [0.29, 0.717) is 0 Å². The number of carbonyl (C=O) groups excluding carboxylic acids is 1. The van der Waals surface area contributed by atoms with Crippen LogP contribution in [0.15, 0.2) is 30.3 Å². The summed E-state index contributed by atoms with van der Waals surface area (Å²) in [5, 5.41) is 0. The van der Waals surface area contributed by atoms with E-state index in [-0.39, 0.29) is 19.7 Å². The summed E-state index contributed by atoms with van der Waals surface area (Å²) in [6, 6.07) is 7.84. The quantitative estimate of drug-likeness (QED) is 0.894. The second-order valence-corrected chi connectivity index (χ2v) is 4.60. The first-order chi connectivity index (χ1) is 8.99. The van der Waals surface area contributed by atoms with Crippen molar-refractivity contribution in [3.63, 3.8) is 0 Å². The molecule has 104 valence electrons. The Hall–Kier alpha value is -1.69. The Kier molecular flexibility index (Phi) is 3.99. The molecule has 1 saturated heterocycles. The Balaban J connectivity index is 1.84. The standard InChI is InChI=1S/C13H16F2N2O2/c14-13(15)6-7-17(8-11(13)16)12(18)19-9-10-4-2-1-3-5-10/h1-5,11H,6-9,16H2/t11-/m0/s1. The van der Waals surface area contributed by atoms with E-state index >= 15 is 0 Å². The lowest BCUT2D eigenvalue weighted by atomic mass is 10.0. The van der Waals surface area contributed by atoms with E-state index in [1.807, 2.05) is 30.3 Å². The van der Waals surface area contributed by atoms with Gasteiger partial charge in [0.05, 0.1) is 6.04 Å². The van der Waals surface area contributed by atoms with Crippen LogP contribution in [-0.4, -0.2) is 36.0 Å². The van der Waals surface area contributed by atoms with Gasteiger partial charge in [0.2, 0.25) is 0 Å². The summed E-state index contributed by atoms with van der Waals surface area (Å²) in [5.74, 6) is -2.91. The van der Waals surface area contributed by atoms with Gasteiger partial charge in [-0.3, -0.25) is 0 Å². The maximum absolute atomic E-state index is 13.2. The summed E-state index contributed by atoms with van der Waals surface area (Å²) in [5.41, 5.74) is 6.20. The van der Waals surface area contributed by atoms with Crippen LogP contribution in [0.5, 0.6) is 0 Å². The highest BCUT2D eigenvalue weighted by atomic mass is 19.3. The van der Waals surface area contributed by atoms with E-state index in [9.17, 15) is 13.6 Å². The number of carbonyl (C=O) groups is 1. The molecule has 1 amide bonds. The molecular formula is C13H16F2N2O2. The molecule has 0 aromatic heterocycles. The van der Waals surface area contributed by atoms with Gasteiger partial charge in [0, 0.05) is 19.5 Å². The van der Waals surface area contributed by atoms with Crippen molar-refractivity contribution in [1.82, 2.24) is 4.90 Å². The number of likely N-dealkylation sites (tertiary alicyclic amines) is 1. The molecule has 2 rings (SSSR count). The molecule has 4 nitrogen and oxygen atoms in total. The summed E-state index contributed by atoms with van der Waals surface area (Å²) >= 11 is 0. The largest absolute Gasteiger partial charge is 0.445 e. The molecule has 19 heavy (non-hydrogen) atoms. The fourth-order valence-corrected chi connectivity index (χ4v) is 1.91. The number of amides is 1. The third kappa shape index (κ3) is 3.41. The Morgan fingerprint density at radius 2 is 2.11 bits per heavy atom. The predicted octanol–water partition coefficient (Wildman–Crippen LogP) is 1.99. The zero-order valence-electron chi connectivity index (χ0n) is 10.4. The van der Waals surface area contributed by atoms with E-state index in [2.05, 4.69) is 0 Å². The van der Waals surface area contributed by atoms with Crippen LogP contribution in [0.3, 0.4) is 0 Å². The fraction of sp³-hybridized carbons (Fsp3) is 0.462. The summed E-state index contributed by atoms with van der Waals surface area (Å²) in [4.78, 5) is 13.0. The average Bonchev–Trinajstić information content (AvgIpc) is 2.40. The van der Waals surface area contributed by atoms with Crippen molar-refractivity contribution < 1.29 is 18.3 Å². The number of halogens is 2.